The standard InChI is InChI=1S/C24H39N5O3/c1-2-3-14-26-24(32)29-17-15-28(16-18-29)23(31)21(19-20-10-6-4-7-11-20)27-22(30)12-8-5-9-13-25/h4,6-7,10-11,21H,2-3,5,8-9,12-19,25H2,1H3,(H,26,32)(H,27,30). The Balaban J connectivity index is 1.92. The molecule has 4 amide bonds. The van der Waals surface area contributed by atoms with Crippen molar-refractivity contribution in [2.24, 2.45) is 5.73 Å². The third-order valence-electron chi connectivity index (χ3n) is 5.71. The van der Waals surface area contributed by atoms with Gasteiger partial charge in [-0.1, -0.05) is 50.1 Å². The van der Waals surface area contributed by atoms with Gasteiger partial charge >= 0.3 is 6.03 Å². The molecule has 1 aliphatic rings. The van der Waals surface area contributed by atoms with Crippen molar-refractivity contribution in [2.75, 3.05) is 39.3 Å². The fourth-order valence-corrected chi connectivity index (χ4v) is 3.76. The minimum atomic E-state index is -0.607. The molecule has 1 unspecified atom stereocenters. The molecule has 1 aromatic rings. The maximum absolute atomic E-state index is 13.3. The van der Waals surface area contributed by atoms with Gasteiger partial charge in [0.15, 0.2) is 0 Å². The molecule has 178 valence electrons. The number of rotatable bonds is 12. The van der Waals surface area contributed by atoms with Crippen LogP contribution in [0.4, 0.5) is 4.79 Å². The number of unbranched alkanes of at least 4 members (excludes halogenated alkanes) is 3. The molecule has 1 fully saturated rings. The lowest BCUT2D eigenvalue weighted by atomic mass is 10.0. The number of hydrogen-bond donors (Lipinski definition) is 3. The van der Waals surface area contributed by atoms with Crippen LogP contribution in [-0.2, 0) is 16.0 Å². The molecule has 0 spiro atoms. The summed E-state index contributed by atoms with van der Waals surface area (Å²) in [4.78, 5) is 41.5. The van der Waals surface area contributed by atoms with Crippen molar-refractivity contribution in [3.63, 3.8) is 0 Å². The first-order valence-electron chi connectivity index (χ1n) is 11.9. The number of benzene rings is 1. The Morgan fingerprint density at radius 1 is 0.969 bits per heavy atom. The number of urea groups is 1. The average molecular weight is 446 g/mol. The van der Waals surface area contributed by atoms with Gasteiger partial charge < -0.3 is 26.2 Å². The summed E-state index contributed by atoms with van der Waals surface area (Å²) in [5.41, 5.74) is 6.52. The highest BCUT2D eigenvalue weighted by molar-refractivity contribution is 5.88. The van der Waals surface area contributed by atoms with Gasteiger partial charge in [0.1, 0.15) is 6.04 Å². The summed E-state index contributed by atoms with van der Waals surface area (Å²) in [7, 11) is 0. The van der Waals surface area contributed by atoms with Crippen molar-refractivity contribution in [2.45, 2.75) is 57.9 Å². The normalized spacial score (nSPS) is 14.7. The molecular weight excluding hydrogens is 406 g/mol. The molecule has 1 aromatic carbocycles. The van der Waals surface area contributed by atoms with Gasteiger partial charge in [-0.3, -0.25) is 9.59 Å². The van der Waals surface area contributed by atoms with Gasteiger partial charge in [-0.2, -0.15) is 0 Å². The third kappa shape index (κ3) is 8.86. The van der Waals surface area contributed by atoms with E-state index in [1.165, 1.54) is 0 Å². The molecule has 8 nitrogen and oxygen atoms in total. The largest absolute Gasteiger partial charge is 0.344 e. The Hall–Kier alpha value is -2.61. The maximum atomic E-state index is 13.3. The summed E-state index contributed by atoms with van der Waals surface area (Å²) in [5.74, 6) is -0.194. The number of hydrogen-bond acceptors (Lipinski definition) is 4. The Kier molecular flexibility index (Phi) is 11.6. The van der Waals surface area contributed by atoms with Crippen LogP contribution in [0, 0.1) is 0 Å². The molecule has 1 atom stereocenters. The van der Waals surface area contributed by atoms with E-state index in [0.29, 0.717) is 52.1 Å². The zero-order chi connectivity index (χ0) is 23.2. The highest BCUT2D eigenvalue weighted by atomic mass is 16.2. The molecule has 1 heterocycles. The van der Waals surface area contributed by atoms with Gasteiger partial charge in [-0.05, 0) is 31.4 Å². The summed E-state index contributed by atoms with van der Waals surface area (Å²) >= 11 is 0. The Bertz CT molecular complexity index is 705. The summed E-state index contributed by atoms with van der Waals surface area (Å²) in [6.07, 6.45) is 5.40. The lowest BCUT2D eigenvalue weighted by molar-refractivity contribution is -0.137. The molecule has 0 aromatic heterocycles. The topological polar surface area (TPSA) is 108 Å². The van der Waals surface area contributed by atoms with E-state index in [1.807, 2.05) is 30.3 Å². The van der Waals surface area contributed by atoms with Crippen molar-refractivity contribution in [3.8, 4) is 0 Å². The van der Waals surface area contributed by atoms with Crippen LogP contribution < -0.4 is 16.4 Å². The maximum Gasteiger partial charge on any atom is 0.317 e. The van der Waals surface area contributed by atoms with E-state index in [9.17, 15) is 14.4 Å². The van der Waals surface area contributed by atoms with E-state index in [4.69, 9.17) is 5.73 Å². The number of carbonyl (C=O) groups is 3. The second-order valence-corrected chi connectivity index (χ2v) is 8.31. The molecule has 1 saturated heterocycles. The molecule has 0 aliphatic carbocycles. The number of amides is 4. The van der Waals surface area contributed by atoms with E-state index in [1.54, 1.807) is 9.80 Å². The molecule has 8 heteroatoms. The second kappa shape index (κ2) is 14.5. The van der Waals surface area contributed by atoms with Crippen LogP contribution in [0.2, 0.25) is 0 Å². The summed E-state index contributed by atoms with van der Waals surface area (Å²) in [5, 5.41) is 5.88. The van der Waals surface area contributed by atoms with Gasteiger partial charge in [0.2, 0.25) is 11.8 Å². The minimum absolute atomic E-state index is 0.0721. The molecule has 4 N–H and O–H groups in total. The second-order valence-electron chi connectivity index (χ2n) is 8.31. The van der Waals surface area contributed by atoms with Crippen LogP contribution in [0.5, 0.6) is 0 Å². The van der Waals surface area contributed by atoms with Gasteiger partial charge in [0.05, 0.1) is 0 Å². The van der Waals surface area contributed by atoms with Crippen LogP contribution in [0.1, 0.15) is 51.0 Å². The van der Waals surface area contributed by atoms with Crippen LogP contribution in [0.25, 0.3) is 0 Å². The van der Waals surface area contributed by atoms with Crippen molar-refractivity contribution in [1.29, 1.82) is 0 Å². The van der Waals surface area contributed by atoms with E-state index in [2.05, 4.69) is 17.6 Å². The van der Waals surface area contributed by atoms with Crippen molar-refractivity contribution in [1.82, 2.24) is 20.4 Å². The van der Waals surface area contributed by atoms with Crippen LogP contribution >= 0.6 is 0 Å². The van der Waals surface area contributed by atoms with E-state index in [-0.39, 0.29) is 17.8 Å². The molecule has 2 rings (SSSR count). The Morgan fingerprint density at radius 2 is 1.66 bits per heavy atom. The number of nitrogens with zero attached hydrogens (tertiary/aromatic N) is 2. The van der Waals surface area contributed by atoms with Crippen molar-refractivity contribution in [3.05, 3.63) is 35.9 Å². The molecular formula is C24H39N5O3. The molecule has 0 radical (unpaired) electrons. The quantitative estimate of drug-likeness (QED) is 0.427. The first-order valence-corrected chi connectivity index (χ1v) is 11.9. The molecule has 1 aliphatic heterocycles. The highest BCUT2D eigenvalue weighted by Gasteiger charge is 2.30. The van der Waals surface area contributed by atoms with Crippen LogP contribution in [0.15, 0.2) is 30.3 Å². The highest BCUT2D eigenvalue weighted by Crippen LogP contribution is 2.10. The van der Waals surface area contributed by atoms with E-state index >= 15 is 0 Å². The minimum Gasteiger partial charge on any atom is -0.344 e. The van der Waals surface area contributed by atoms with E-state index < -0.39 is 6.04 Å². The zero-order valence-electron chi connectivity index (χ0n) is 19.4. The fourth-order valence-electron chi connectivity index (χ4n) is 3.76. The lowest BCUT2D eigenvalue weighted by Gasteiger charge is -2.36. The first-order chi connectivity index (χ1) is 15.5. The average Bonchev–Trinajstić information content (AvgIpc) is 2.82. The Morgan fingerprint density at radius 3 is 2.31 bits per heavy atom. The summed E-state index contributed by atoms with van der Waals surface area (Å²) in [6.45, 7) is 5.31. The SMILES string of the molecule is CCCCNC(=O)N1CCN(C(=O)C(Cc2ccccc2)NC(=O)CCCCCN)CC1. The molecule has 32 heavy (non-hydrogen) atoms. The number of carbonyl (C=O) groups excluding carboxylic acids is 3. The first kappa shape index (κ1) is 25.6. The smallest absolute Gasteiger partial charge is 0.317 e. The zero-order valence-corrected chi connectivity index (χ0v) is 19.4. The van der Waals surface area contributed by atoms with E-state index in [0.717, 1.165) is 37.7 Å². The monoisotopic (exact) mass is 445 g/mol. The number of piperazine rings is 1. The van der Waals surface area contributed by atoms with Gasteiger partial charge in [0, 0.05) is 45.6 Å². The lowest BCUT2D eigenvalue weighted by Crippen LogP contribution is -2.57. The van der Waals surface area contributed by atoms with Gasteiger partial charge in [-0.25, -0.2) is 4.79 Å². The fraction of sp³-hybridized carbons (Fsp3) is 0.625. The van der Waals surface area contributed by atoms with Crippen molar-refractivity contribution < 1.29 is 14.4 Å². The molecule has 0 saturated carbocycles. The van der Waals surface area contributed by atoms with Gasteiger partial charge in [0.25, 0.3) is 0 Å². The number of nitrogens with two attached hydrogens (primary N) is 1. The predicted molar refractivity (Wildman–Crippen MR) is 126 cm³/mol. The van der Waals surface area contributed by atoms with Crippen LogP contribution in [0.3, 0.4) is 0 Å². The summed E-state index contributed by atoms with van der Waals surface area (Å²) < 4.78 is 0. The third-order valence-corrected chi connectivity index (χ3v) is 5.71. The molecule has 0 bridgehead atoms. The van der Waals surface area contributed by atoms with Crippen molar-refractivity contribution >= 4 is 17.8 Å². The number of nitrogens with one attached hydrogen (secondary N) is 2. The Labute approximate surface area is 191 Å². The van der Waals surface area contributed by atoms with Crippen LogP contribution in [-0.4, -0.2) is 73.0 Å². The summed E-state index contributed by atoms with van der Waals surface area (Å²) in [6, 6.07) is 9.05. The predicted octanol–water partition coefficient (Wildman–Crippen LogP) is 1.89. The van der Waals surface area contributed by atoms with Gasteiger partial charge in [-0.15, -0.1) is 0 Å².